The van der Waals surface area contributed by atoms with Gasteiger partial charge < -0.3 is 5.11 Å². The van der Waals surface area contributed by atoms with Crippen LogP contribution >= 0.6 is 23.2 Å². The Labute approximate surface area is 85.5 Å². The minimum atomic E-state index is -1.10. The molecule has 0 unspecified atom stereocenters. The minimum Gasteiger partial charge on any atom is -0.465 e. The van der Waals surface area contributed by atoms with E-state index in [1.54, 1.807) is 18.2 Å². The number of benzene rings is 1. The van der Waals surface area contributed by atoms with Gasteiger partial charge in [-0.1, -0.05) is 29.3 Å². The maximum Gasteiger partial charge on any atom is 0.411 e. The van der Waals surface area contributed by atoms with Crippen molar-refractivity contribution in [2.75, 3.05) is 11.9 Å². The number of hydrogen-bond acceptors (Lipinski definition) is 1. The van der Waals surface area contributed by atoms with Crippen LogP contribution in [0.3, 0.4) is 0 Å². The summed E-state index contributed by atoms with van der Waals surface area (Å²) >= 11 is 11.6. The van der Waals surface area contributed by atoms with Crippen molar-refractivity contribution in [1.82, 2.24) is 0 Å². The van der Waals surface area contributed by atoms with Crippen LogP contribution in [-0.4, -0.2) is 18.2 Å². The third-order valence-corrected chi connectivity index (χ3v) is 2.17. The molecule has 0 atom stereocenters. The molecule has 0 fully saturated rings. The molecule has 0 saturated heterocycles. The van der Waals surface area contributed by atoms with E-state index in [2.05, 4.69) is 0 Å². The van der Waals surface area contributed by atoms with Gasteiger partial charge in [0.2, 0.25) is 0 Å². The van der Waals surface area contributed by atoms with E-state index in [0.29, 0.717) is 15.7 Å². The molecular weight excluding hydrogens is 213 g/mol. The van der Waals surface area contributed by atoms with E-state index in [0.717, 1.165) is 4.90 Å². The molecule has 1 rings (SSSR count). The number of carboxylic acid groups (broad SMARTS) is 1. The number of halogens is 2. The van der Waals surface area contributed by atoms with E-state index in [-0.39, 0.29) is 0 Å². The summed E-state index contributed by atoms with van der Waals surface area (Å²) in [6.07, 6.45) is -1.10. The predicted octanol–water partition coefficient (Wildman–Crippen LogP) is 3.11. The normalized spacial score (nSPS) is 9.77. The quantitative estimate of drug-likeness (QED) is 0.789. The summed E-state index contributed by atoms with van der Waals surface area (Å²) in [5.41, 5.74) is 0.304. The summed E-state index contributed by atoms with van der Waals surface area (Å²) in [7, 11) is 1.38. The SMILES string of the molecule is CN(C(=O)O)c1c(Cl)cccc1Cl. The molecule has 0 radical (unpaired) electrons. The summed E-state index contributed by atoms with van der Waals surface area (Å²) in [6, 6.07) is 4.83. The van der Waals surface area contributed by atoms with Gasteiger partial charge in [0.25, 0.3) is 0 Å². The number of rotatable bonds is 1. The lowest BCUT2D eigenvalue weighted by atomic mass is 10.3. The largest absolute Gasteiger partial charge is 0.465 e. The van der Waals surface area contributed by atoms with Crippen LogP contribution in [0.15, 0.2) is 18.2 Å². The fourth-order valence-electron chi connectivity index (χ4n) is 0.905. The molecule has 0 saturated carbocycles. The van der Waals surface area contributed by atoms with Crippen molar-refractivity contribution in [2.45, 2.75) is 0 Å². The van der Waals surface area contributed by atoms with Gasteiger partial charge in [0.05, 0.1) is 15.7 Å². The molecule has 0 spiro atoms. The molecule has 1 aromatic rings. The third kappa shape index (κ3) is 2.05. The summed E-state index contributed by atoms with van der Waals surface area (Å²) in [6.45, 7) is 0. The van der Waals surface area contributed by atoms with E-state index in [9.17, 15) is 4.79 Å². The Hall–Kier alpha value is -0.930. The van der Waals surface area contributed by atoms with Gasteiger partial charge in [-0.3, -0.25) is 4.90 Å². The van der Waals surface area contributed by atoms with Gasteiger partial charge in [0, 0.05) is 7.05 Å². The lowest BCUT2D eigenvalue weighted by Crippen LogP contribution is -2.24. The molecule has 1 N–H and O–H groups in total. The molecule has 0 bridgehead atoms. The molecule has 0 aliphatic carbocycles. The second kappa shape index (κ2) is 3.85. The molecular formula is C8H7Cl2NO2. The van der Waals surface area contributed by atoms with E-state index >= 15 is 0 Å². The first kappa shape index (κ1) is 10.2. The van der Waals surface area contributed by atoms with Crippen molar-refractivity contribution in [3.63, 3.8) is 0 Å². The molecule has 0 aromatic heterocycles. The van der Waals surface area contributed by atoms with Gasteiger partial charge in [-0.05, 0) is 12.1 Å². The van der Waals surface area contributed by atoms with Crippen LogP contribution in [0.5, 0.6) is 0 Å². The molecule has 0 aliphatic rings. The van der Waals surface area contributed by atoms with Gasteiger partial charge in [0.15, 0.2) is 0 Å². The van der Waals surface area contributed by atoms with Crippen molar-refractivity contribution < 1.29 is 9.90 Å². The van der Waals surface area contributed by atoms with Crippen LogP contribution in [0.4, 0.5) is 10.5 Å². The Morgan fingerprint density at radius 3 is 2.23 bits per heavy atom. The fourth-order valence-corrected chi connectivity index (χ4v) is 1.56. The molecule has 1 aromatic carbocycles. The van der Waals surface area contributed by atoms with Crippen LogP contribution in [0.25, 0.3) is 0 Å². The Balaban J connectivity index is 3.20. The zero-order chi connectivity index (χ0) is 10.0. The van der Waals surface area contributed by atoms with Crippen molar-refractivity contribution >= 4 is 35.0 Å². The fraction of sp³-hybridized carbons (Fsp3) is 0.125. The van der Waals surface area contributed by atoms with Crippen molar-refractivity contribution in [2.24, 2.45) is 0 Å². The lowest BCUT2D eigenvalue weighted by molar-refractivity contribution is 0.203. The zero-order valence-electron chi connectivity index (χ0n) is 6.79. The summed E-state index contributed by atoms with van der Waals surface area (Å²) in [5, 5.41) is 9.33. The number of carbonyl (C=O) groups is 1. The van der Waals surface area contributed by atoms with Gasteiger partial charge in [-0.15, -0.1) is 0 Å². The maximum absolute atomic E-state index is 10.6. The van der Waals surface area contributed by atoms with Crippen molar-refractivity contribution in [3.05, 3.63) is 28.2 Å². The predicted molar refractivity (Wildman–Crippen MR) is 52.9 cm³/mol. The Morgan fingerprint density at radius 1 is 1.38 bits per heavy atom. The Bertz CT molecular complexity index is 321. The molecule has 0 aliphatic heterocycles. The topological polar surface area (TPSA) is 40.5 Å². The first-order valence-corrected chi connectivity index (χ1v) is 4.20. The monoisotopic (exact) mass is 219 g/mol. The summed E-state index contributed by atoms with van der Waals surface area (Å²) < 4.78 is 0. The highest BCUT2D eigenvalue weighted by Crippen LogP contribution is 2.32. The smallest absolute Gasteiger partial charge is 0.411 e. The molecule has 5 heteroatoms. The van der Waals surface area contributed by atoms with Crippen LogP contribution in [-0.2, 0) is 0 Å². The van der Waals surface area contributed by atoms with Gasteiger partial charge in [-0.25, -0.2) is 4.79 Å². The zero-order valence-corrected chi connectivity index (χ0v) is 8.30. The Morgan fingerprint density at radius 2 is 1.85 bits per heavy atom. The average molecular weight is 220 g/mol. The molecule has 70 valence electrons. The number of anilines is 1. The summed E-state index contributed by atoms with van der Waals surface area (Å²) in [5.74, 6) is 0. The molecule has 0 heterocycles. The molecule has 1 amide bonds. The molecule has 13 heavy (non-hydrogen) atoms. The number of nitrogens with zero attached hydrogens (tertiary/aromatic N) is 1. The summed E-state index contributed by atoms with van der Waals surface area (Å²) in [4.78, 5) is 11.6. The van der Waals surface area contributed by atoms with Gasteiger partial charge in [0.1, 0.15) is 0 Å². The minimum absolute atomic E-state index is 0.304. The van der Waals surface area contributed by atoms with Crippen LogP contribution < -0.4 is 4.90 Å². The van der Waals surface area contributed by atoms with Gasteiger partial charge in [-0.2, -0.15) is 0 Å². The number of para-hydroxylation sites is 1. The number of hydrogen-bond donors (Lipinski definition) is 1. The van der Waals surface area contributed by atoms with E-state index in [4.69, 9.17) is 28.3 Å². The third-order valence-electron chi connectivity index (χ3n) is 1.56. The highest BCUT2D eigenvalue weighted by atomic mass is 35.5. The first-order chi connectivity index (χ1) is 6.04. The highest BCUT2D eigenvalue weighted by Gasteiger charge is 2.15. The lowest BCUT2D eigenvalue weighted by Gasteiger charge is -2.15. The van der Waals surface area contributed by atoms with Crippen LogP contribution in [0.2, 0.25) is 10.0 Å². The second-order valence-electron chi connectivity index (χ2n) is 2.41. The van der Waals surface area contributed by atoms with Crippen LogP contribution in [0, 0.1) is 0 Å². The first-order valence-electron chi connectivity index (χ1n) is 3.44. The molecule has 3 nitrogen and oxygen atoms in total. The second-order valence-corrected chi connectivity index (χ2v) is 3.23. The Kier molecular flexibility index (Phi) is 3.01. The van der Waals surface area contributed by atoms with Crippen molar-refractivity contribution in [1.29, 1.82) is 0 Å². The van der Waals surface area contributed by atoms with Crippen molar-refractivity contribution in [3.8, 4) is 0 Å². The highest BCUT2D eigenvalue weighted by molar-refractivity contribution is 6.39. The average Bonchev–Trinajstić information content (AvgIpc) is 2.03. The standard InChI is InChI=1S/C8H7Cl2NO2/c1-11(8(12)13)7-5(9)3-2-4-6(7)10/h2-4H,1H3,(H,12,13). The van der Waals surface area contributed by atoms with E-state index < -0.39 is 6.09 Å². The van der Waals surface area contributed by atoms with E-state index in [1.807, 2.05) is 0 Å². The number of amides is 1. The van der Waals surface area contributed by atoms with E-state index in [1.165, 1.54) is 7.05 Å². The van der Waals surface area contributed by atoms with Crippen LogP contribution in [0.1, 0.15) is 0 Å². The van der Waals surface area contributed by atoms with Gasteiger partial charge >= 0.3 is 6.09 Å². The maximum atomic E-state index is 10.6.